The average Bonchev–Trinajstić information content (AvgIpc) is 2.46. The molecule has 6 heteroatoms. The highest BCUT2D eigenvalue weighted by molar-refractivity contribution is 5.92. The molecular formula is C13H19N5O. The molecule has 102 valence electrons. The number of fused-ring (bicyclic) bond motifs is 2. The van der Waals surface area contributed by atoms with Gasteiger partial charge in [-0.1, -0.05) is 6.42 Å². The van der Waals surface area contributed by atoms with E-state index in [1.54, 1.807) is 0 Å². The summed E-state index contributed by atoms with van der Waals surface area (Å²) in [5.41, 5.74) is 2.81. The minimum Gasteiger partial charge on any atom is -0.337 e. The highest BCUT2D eigenvalue weighted by Gasteiger charge is 2.33. The largest absolute Gasteiger partial charge is 0.337 e. The molecule has 3 rings (SSSR count). The molecule has 2 bridgehead atoms. The van der Waals surface area contributed by atoms with Gasteiger partial charge in [-0.15, -0.1) is 0 Å². The van der Waals surface area contributed by atoms with Crippen LogP contribution in [0.2, 0.25) is 0 Å². The van der Waals surface area contributed by atoms with E-state index in [4.69, 9.17) is 5.84 Å². The lowest BCUT2D eigenvalue weighted by Crippen LogP contribution is -2.45. The van der Waals surface area contributed by atoms with Crippen molar-refractivity contribution in [1.29, 1.82) is 0 Å². The zero-order valence-corrected chi connectivity index (χ0v) is 10.9. The monoisotopic (exact) mass is 261 g/mol. The van der Waals surface area contributed by atoms with Crippen molar-refractivity contribution in [3.63, 3.8) is 0 Å². The number of nitrogens with one attached hydrogen (secondary N) is 1. The van der Waals surface area contributed by atoms with E-state index in [9.17, 15) is 4.79 Å². The van der Waals surface area contributed by atoms with Crippen LogP contribution in [0.25, 0.3) is 0 Å². The Balaban J connectivity index is 1.72. The number of amides is 1. The van der Waals surface area contributed by atoms with Gasteiger partial charge in [-0.3, -0.25) is 4.79 Å². The number of nitrogens with two attached hydrogens (primary N) is 1. The second kappa shape index (κ2) is 5.13. The number of nitrogen functional groups attached to an aromatic ring is 1. The topological polar surface area (TPSA) is 84.1 Å². The number of carbonyl (C=O) groups excluding carboxylic acids is 1. The molecule has 0 spiro atoms. The number of carbonyl (C=O) groups is 1. The van der Waals surface area contributed by atoms with Gasteiger partial charge >= 0.3 is 0 Å². The Morgan fingerprint density at radius 2 is 2.00 bits per heavy atom. The van der Waals surface area contributed by atoms with Crippen LogP contribution in [0.4, 0.5) is 5.82 Å². The zero-order chi connectivity index (χ0) is 13.2. The van der Waals surface area contributed by atoms with Crippen molar-refractivity contribution >= 4 is 11.7 Å². The van der Waals surface area contributed by atoms with Gasteiger partial charge in [0.1, 0.15) is 5.69 Å². The summed E-state index contributed by atoms with van der Waals surface area (Å²) < 4.78 is 0. The number of likely N-dealkylation sites (tertiary alicyclic amines) is 1. The van der Waals surface area contributed by atoms with E-state index in [1.165, 1.54) is 38.1 Å². The maximum atomic E-state index is 12.4. The van der Waals surface area contributed by atoms with Gasteiger partial charge in [0.05, 0.1) is 12.4 Å². The van der Waals surface area contributed by atoms with Crippen LogP contribution in [-0.4, -0.2) is 33.9 Å². The summed E-state index contributed by atoms with van der Waals surface area (Å²) in [6, 6.07) is 0. The number of hydrazine groups is 1. The normalized spacial score (nSPS) is 26.1. The van der Waals surface area contributed by atoms with Crippen LogP contribution in [0.15, 0.2) is 12.4 Å². The Labute approximate surface area is 112 Å². The van der Waals surface area contributed by atoms with Crippen LogP contribution < -0.4 is 11.3 Å². The van der Waals surface area contributed by atoms with Gasteiger partial charge in [-0.25, -0.2) is 15.8 Å². The van der Waals surface area contributed by atoms with Crippen LogP contribution in [0.3, 0.4) is 0 Å². The maximum absolute atomic E-state index is 12.4. The molecule has 1 aromatic heterocycles. The fraction of sp³-hybridized carbons (Fsp3) is 0.615. The van der Waals surface area contributed by atoms with Gasteiger partial charge < -0.3 is 10.3 Å². The number of nitrogens with zero attached hydrogens (tertiary/aromatic N) is 3. The van der Waals surface area contributed by atoms with Crippen molar-refractivity contribution in [2.24, 2.45) is 17.7 Å². The molecule has 2 fully saturated rings. The smallest absolute Gasteiger partial charge is 0.274 e. The van der Waals surface area contributed by atoms with Gasteiger partial charge in [-0.2, -0.15) is 0 Å². The number of piperidine rings is 1. The lowest BCUT2D eigenvalue weighted by molar-refractivity contribution is 0.0498. The molecule has 2 atom stereocenters. The number of anilines is 1. The number of aromatic nitrogens is 2. The Kier molecular flexibility index (Phi) is 3.33. The van der Waals surface area contributed by atoms with Crippen LogP contribution >= 0.6 is 0 Å². The molecule has 2 unspecified atom stereocenters. The Morgan fingerprint density at radius 1 is 1.26 bits per heavy atom. The van der Waals surface area contributed by atoms with E-state index in [2.05, 4.69) is 15.4 Å². The van der Waals surface area contributed by atoms with Gasteiger partial charge in [0.25, 0.3) is 5.91 Å². The predicted octanol–water partition coefficient (Wildman–Crippen LogP) is 1.02. The second-order valence-electron chi connectivity index (χ2n) is 5.54. The number of rotatable bonds is 2. The first kappa shape index (κ1) is 12.3. The van der Waals surface area contributed by atoms with Crippen molar-refractivity contribution in [2.45, 2.75) is 25.7 Å². The van der Waals surface area contributed by atoms with E-state index in [1.807, 2.05) is 4.90 Å². The summed E-state index contributed by atoms with van der Waals surface area (Å²) in [5, 5.41) is 0. The maximum Gasteiger partial charge on any atom is 0.274 e. The molecule has 6 nitrogen and oxygen atoms in total. The molecule has 2 aliphatic rings. The SMILES string of the molecule is NNc1cnc(C(=O)N2CC3CCCC(C3)C2)cn1. The Bertz CT molecular complexity index is 449. The molecule has 0 aromatic carbocycles. The van der Waals surface area contributed by atoms with Gasteiger partial charge in [-0.05, 0) is 31.1 Å². The second-order valence-corrected chi connectivity index (χ2v) is 5.54. The summed E-state index contributed by atoms with van der Waals surface area (Å²) in [4.78, 5) is 22.5. The number of hydrogen-bond acceptors (Lipinski definition) is 5. The van der Waals surface area contributed by atoms with Crippen LogP contribution in [-0.2, 0) is 0 Å². The Morgan fingerprint density at radius 3 is 2.58 bits per heavy atom. The van der Waals surface area contributed by atoms with Crippen molar-refractivity contribution in [3.05, 3.63) is 18.1 Å². The first-order chi connectivity index (χ1) is 9.26. The third kappa shape index (κ3) is 2.53. The summed E-state index contributed by atoms with van der Waals surface area (Å²) in [7, 11) is 0. The molecule has 0 radical (unpaired) electrons. The average molecular weight is 261 g/mol. The van der Waals surface area contributed by atoms with Crippen molar-refractivity contribution in [1.82, 2.24) is 14.9 Å². The molecule has 1 aliphatic carbocycles. The molecule has 1 aliphatic heterocycles. The summed E-state index contributed by atoms with van der Waals surface area (Å²) in [6.07, 6.45) is 8.07. The van der Waals surface area contributed by atoms with E-state index in [-0.39, 0.29) is 5.91 Å². The van der Waals surface area contributed by atoms with Crippen molar-refractivity contribution < 1.29 is 4.79 Å². The molecule has 1 saturated heterocycles. The van der Waals surface area contributed by atoms with Crippen LogP contribution in [0.1, 0.15) is 36.2 Å². The van der Waals surface area contributed by atoms with E-state index < -0.39 is 0 Å². The third-order valence-corrected chi connectivity index (χ3v) is 4.15. The van der Waals surface area contributed by atoms with Crippen molar-refractivity contribution in [2.75, 3.05) is 18.5 Å². The standard InChI is InChI=1S/C13H19N5O/c14-17-12-6-15-11(5-16-12)13(19)18-7-9-2-1-3-10(4-9)8-18/h5-6,9-10H,1-4,7-8,14H2,(H,16,17). The zero-order valence-electron chi connectivity index (χ0n) is 10.9. The number of hydrogen-bond donors (Lipinski definition) is 2. The third-order valence-electron chi connectivity index (χ3n) is 4.15. The molecule has 1 aromatic rings. The minimum atomic E-state index is -0.00679. The molecule has 19 heavy (non-hydrogen) atoms. The highest BCUT2D eigenvalue weighted by atomic mass is 16.2. The first-order valence-electron chi connectivity index (χ1n) is 6.84. The van der Waals surface area contributed by atoms with Crippen LogP contribution in [0.5, 0.6) is 0 Å². The van der Waals surface area contributed by atoms with E-state index >= 15 is 0 Å². The van der Waals surface area contributed by atoms with E-state index in [0.29, 0.717) is 23.3 Å². The molecule has 1 saturated carbocycles. The Hall–Kier alpha value is -1.69. The predicted molar refractivity (Wildman–Crippen MR) is 71.2 cm³/mol. The minimum absolute atomic E-state index is 0.00679. The summed E-state index contributed by atoms with van der Waals surface area (Å²) in [6.45, 7) is 1.74. The summed E-state index contributed by atoms with van der Waals surface area (Å²) in [5.74, 6) is 7.04. The molecule has 2 heterocycles. The summed E-state index contributed by atoms with van der Waals surface area (Å²) >= 11 is 0. The van der Waals surface area contributed by atoms with Gasteiger partial charge in [0.15, 0.2) is 5.82 Å². The molecule has 3 N–H and O–H groups in total. The fourth-order valence-corrected chi connectivity index (χ4v) is 3.27. The molecular weight excluding hydrogens is 242 g/mol. The van der Waals surface area contributed by atoms with E-state index in [0.717, 1.165) is 13.1 Å². The van der Waals surface area contributed by atoms with Gasteiger partial charge in [0, 0.05) is 13.1 Å². The fourth-order valence-electron chi connectivity index (χ4n) is 3.27. The first-order valence-corrected chi connectivity index (χ1v) is 6.84. The lowest BCUT2D eigenvalue weighted by Gasteiger charge is -2.41. The lowest BCUT2D eigenvalue weighted by atomic mass is 9.78. The van der Waals surface area contributed by atoms with Gasteiger partial charge in [0.2, 0.25) is 0 Å². The highest BCUT2D eigenvalue weighted by Crippen LogP contribution is 2.34. The quantitative estimate of drug-likeness (QED) is 0.613. The van der Waals surface area contributed by atoms with Crippen molar-refractivity contribution in [3.8, 4) is 0 Å². The van der Waals surface area contributed by atoms with Crippen LogP contribution in [0, 0.1) is 11.8 Å². The molecule has 1 amide bonds.